The van der Waals surface area contributed by atoms with Crippen LogP contribution in [0.1, 0.15) is 15.9 Å². The van der Waals surface area contributed by atoms with Gasteiger partial charge in [0.15, 0.2) is 0 Å². The number of quaternary nitrogens is 1. The van der Waals surface area contributed by atoms with Crippen LogP contribution in [0.3, 0.4) is 0 Å². The molecular formula is C19H24N3O3+. The van der Waals surface area contributed by atoms with Gasteiger partial charge < -0.3 is 19.3 Å². The van der Waals surface area contributed by atoms with E-state index in [2.05, 4.69) is 4.98 Å². The maximum atomic E-state index is 13.0. The molecular weight excluding hydrogens is 318 g/mol. The molecule has 0 atom stereocenters. The van der Waals surface area contributed by atoms with Gasteiger partial charge in [-0.1, -0.05) is 6.07 Å². The number of hydrogen-bond acceptors (Lipinski definition) is 4. The molecule has 1 amide bonds. The van der Waals surface area contributed by atoms with Gasteiger partial charge >= 0.3 is 0 Å². The lowest BCUT2D eigenvalue weighted by atomic mass is 10.1. The van der Waals surface area contributed by atoms with Gasteiger partial charge in [-0.05, 0) is 24.3 Å². The van der Waals surface area contributed by atoms with Crippen LogP contribution in [0.5, 0.6) is 11.5 Å². The molecule has 132 valence electrons. The molecule has 1 aliphatic rings. The number of benzene rings is 1. The molecule has 1 N–H and O–H groups in total. The summed E-state index contributed by atoms with van der Waals surface area (Å²) < 4.78 is 10.7. The predicted octanol–water partition coefficient (Wildman–Crippen LogP) is 0.640. The van der Waals surface area contributed by atoms with Crippen LogP contribution in [0, 0.1) is 0 Å². The number of aromatic nitrogens is 1. The van der Waals surface area contributed by atoms with Crippen molar-refractivity contribution in [3.63, 3.8) is 0 Å². The lowest BCUT2D eigenvalue weighted by Crippen LogP contribution is -3.13. The molecule has 3 rings (SSSR count). The molecule has 1 aromatic heterocycles. The van der Waals surface area contributed by atoms with E-state index in [9.17, 15) is 4.79 Å². The highest BCUT2D eigenvalue weighted by molar-refractivity contribution is 5.99. The summed E-state index contributed by atoms with van der Waals surface area (Å²) in [5.41, 5.74) is 1.78. The largest absolute Gasteiger partial charge is 0.496 e. The van der Waals surface area contributed by atoms with E-state index in [1.54, 1.807) is 26.4 Å². The van der Waals surface area contributed by atoms with Crippen molar-refractivity contribution in [1.29, 1.82) is 0 Å². The lowest BCUT2D eigenvalue weighted by molar-refractivity contribution is -0.917. The van der Waals surface area contributed by atoms with Gasteiger partial charge in [0, 0.05) is 18.0 Å². The van der Waals surface area contributed by atoms with Gasteiger partial charge in [0.1, 0.15) is 23.6 Å². The molecule has 0 aliphatic carbocycles. The fourth-order valence-electron chi connectivity index (χ4n) is 3.21. The Kier molecular flexibility index (Phi) is 5.50. The van der Waals surface area contributed by atoms with Crippen molar-refractivity contribution < 1.29 is 19.2 Å². The lowest BCUT2D eigenvalue weighted by Gasteiger charge is -2.32. The number of piperazine rings is 1. The number of hydrogen-bond donors (Lipinski definition) is 1. The molecule has 2 aromatic rings. The van der Waals surface area contributed by atoms with E-state index in [1.807, 2.05) is 35.5 Å². The Bertz CT molecular complexity index is 691. The average molecular weight is 342 g/mol. The van der Waals surface area contributed by atoms with E-state index in [0.29, 0.717) is 17.1 Å². The number of amides is 1. The molecule has 0 spiro atoms. The van der Waals surface area contributed by atoms with Gasteiger partial charge in [0.2, 0.25) is 0 Å². The fourth-order valence-corrected chi connectivity index (χ4v) is 3.21. The van der Waals surface area contributed by atoms with Crippen LogP contribution in [0.25, 0.3) is 0 Å². The van der Waals surface area contributed by atoms with E-state index in [4.69, 9.17) is 9.47 Å². The zero-order chi connectivity index (χ0) is 17.6. The molecule has 0 radical (unpaired) electrons. The van der Waals surface area contributed by atoms with E-state index < -0.39 is 0 Å². The highest BCUT2D eigenvalue weighted by atomic mass is 16.5. The van der Waals surface area contributed by atoms with Crippen molar-refractivity contribution in [1.82, 2.24) is 9.88 Å². The molecule has 25 heavy (non-hydrogen) atoms. The minimum atomic E-state index is -0.0303. The SMILES string of the molecule is COc1cccc(OC)c1C(=O)N1CC[NH+](Cc2ccncc2)CC1. The number of nitrogens with one attached hydrogen (secondary N) is 1. The monoisotopic (exact) mass is 342 g/mol. The molecule has 1 saturated heterocycles. The predicted molar refractivity (Wildman–Crippen MR) is 94.1 cm³/mol. The highest BCUT2D eigenvalue weighted by Crippen LogP contribution is 2.29. The van der Waals surface area contributed by atoms with Gasteiger partial charge in [-0.25, -0.2) is 0 Å². The second-order valence-corrected chi connectivity index (χ2v) is 6.11. The first kappa shape index (κ1) is 17.2. The van der Waals surface area contributed by atoms with E-state index in [0.717, 1.165) is 32.7 Å². The van der Waals surface area contributed by atoms with Crippen molar-refractivity contribution in [2.45, 2.75) is 6.54 Å². The molecule has 6 heteroatoms. The summed E-state index contributed by atoms with van der Waals surface area (Å²) in [5, 5.41) is 0. The second-order valence-electron chi connectivity index (χ2n) is 6.11. The Morgan fingerprint density at radius 3 is 2.24 bits per heavy atom. The van der Waals surface area contributed by atoms with E-state index in [1.165, 1.54) is 10.5 Å². The zero-order valence-corrected chi connectivity index (χ0v) is 14.7. The third-order valence-electron chi connectivity index (χ3n) is 4.60. The summed E-state index contributed by atoms with van der Waals surface area (Å²) in [7, 11) is 3.14. The average Bonchev–Trinajstić information content (AvgIpc) is 2.68. The number of nitrogens with zero attached hydrogens (tertiary/aromatic N) is 2. The van der Waals surface area contributed by atoms with Crippen LogP contribution in [-0.4, -0.2) is 56.2 Å². The Hall–Kier alpha value is -2.60. The summed E-state index contributed by atoms with van der Waals surface area (Å²) in [5.74, 6) is 1.07. The first-order valence-corrected chi connectivity index (χ1v) is 8.45. The third-order valence-corrected chi connectivity index (χ3v) is 4.60. The van der Waals surface area contributed by atoms with Crippen molar-refractivity contribution in [2.24, 2.45) is 0 Å². The molecule has 0 saturated carbocycles. The fraction of sp³-hybridized carbons (Fsp3) is 0.368. The minimum absolute atomic E-state index is 0.0303. The van der Waals surface area contributed by atoms with Crippen molar-refractivity contribution in [3.8, 4) is 11.5 Å². The molecule has 2 heterocycles. The number of carbonyl (C=O) groups excluding carboxylic acids is 1. The standard InChI is InChI=1S/C19H23N3O3/c1-24-16-4-3-5-17(25-2)18(16)19(23)22-12-10-21(11-13-22)14-15-6-8-20-9-7-15/h3-9H,10-14H2,1-2H3/p+1. The number of carbonyl (C=O) groups is 1. The maximum Gasteiger partial charge on any atom is 0.261 e. The Morgan fingerprint density at radius 1 is 1.08 bits per heavy atom. The molecule has 1 aliphatic heterocycles. The zero-order valence-electron chi connectivity index (χ0n) is 14.7. The summed E-state index contributed by atoms with van der Waals surface area (Å²) in [6, 6.07) is 9.50. The molecule has 0 unspecified atom stereocenters. The van der Waals surface area contributed by atoms with Crippen LogP contribution in [0.2, 0.25) is 0 Å². The first-order chi connectivity index (χ1) is 12.2. The highest BCUT2D eigenvalue weighted by Gasteiger charge is 2.28. The van der Waals surface area contributed by atoms with Gasteiger partial charge in [-0.3, -0.25) is 9.78 Å². The Morgan fingerprint density at radius 2 is 1.68 bits per heavy atom. The van der Waals surface area contributed by atoms with Crippen LogP contribution < -0.4 is 14.4 Å². The number of pyridine rings is 1. The normalized spacial score (nSPS) is 15.0. The van der Waals surface area contributed by atoms with Crippen LogP contribution in [0.15, 0.2) is 42.7 Å². The number of ether oxygens (including phenoxy) is 2. The smallest absolute Gasteiger partial charge is 0.261 e. The van der Waals surface area contributed by atoms with Gasteiger partial charge in [0.25, 0.3) is 5.91 Å². The third kappa shape index (κ3) is 3.91. The van der Waals surface area contributed by atoms with Crippen molar-refractivity contribution >= 4 is 5.91 Å². The quantitative estimate of drug-likeness (QED) is 0.866. The van der Waals surface area contributed by atoms with Crippen molar-refractivity contribution in [3.05, 3.63) is 53.9 Å². The molecule has 6 nitrogen and oxygen atoms in total. The van der Waals surface area contributed by atoms with E-state index >= 15 is 0 Å². The molecule has 0 bridgehead atoms. The van der Waals surface area contributed by atoms with E-state index in [-0.39, 0.29) is 5.91 Å². The Balaban J connectivity index is 1.66. The maximum absolute atomic E-state index is 13.0. The summed E-state index contributed by atoms with van der Waals surface area (Å²) >= 11 is 0. The van der Waals surface area contributed by atoms with Crippen LogP contribution in [-0.2, 0) is 6.54 Å². The second kappa shape index (κ2) is 7.98. The topological polar surface area (TPSA) is 56.1 Å². The summed E-state index contributed by atoms with van der Waals surface area (Å²) in [4.78, 5) is 20.4. The molecule has 1 aromatic carbocycles. The first-order valence-electron chi connectivity index (χ1n) is 8.45. The Labute approximate surface area is 148 Å². The van der Waals surface area contributed by atoms with Gasteiger partial charge in [-0.15, -0.1) is 0 Å². The van der Waals surface area contributed by atoms with Crippen molar-refractivity contribution in [2.75, 3.05) is 40.4 Å². The summed E-state index contributed by atoms with van der Waals surface area (Å²) in [6.45, 7) is 4.25. The summed E-state index contributed by atoms with van der Waals surface area (Å²) in [6.07, 6.45) is 3.64. The van der Waals surface area contributed by atoms with Gasteiger partial charge in [0.05, 0.1) is 40.4 Å². The van der Waals surface area contributed by atoms with Crippen LogP contribution in [0.4, 0.5) is 0 Å². The number of rotatable bonds is 5. The van der Waals surface area contributed by atoms with Crippen LogP contribution >= 0.6 is 0 Å². The van der Waals surface area contributed by atoms with Gasteiger partial charge in [-0.2, -0.15) is 0 Å². The number of methoxy groups -OCH3 is 2. The molecule has 1 fully saturated rings. The minimum Gasteiger partial charge on any atom is -0.496 e.